The van der Waals surface area contributed by atoms with Crippen molar-refractivity contribution in [2.75, 3.05) is 107 Å². The smallest absolute Gasteiger partial charge is 0.265 e. The molecule has 0 spiro atoms. The summed E-state index contributed by atoms with van der Waals surface area (Å²) in [5.41, 5.74) is 6.04. The van der Waals surface area contributed by atoms with Gasteiger partial charge in [0.15, 0.2) is 31.1 Å². The van der Waals surface area contributed by atoms with Crippen molar-refractivity contribution in [3.05, 3.63) is 122 Å². The maximum Gasteiger partial charge on any atom is 0.265 e. The zero-order valence-electron chi connectivity index (χ0n) is 54.1. The van der Waals surface area contributed by atoms with E-state index in [0.29, 0.717) is 29.9 Å². The van der Waals surface area contributed by atoms with Crippen LogP contribution in [0.5, 0.6) is 11.6 Å². The van der Waals surface area contributed by atoms with E-state index in [4.69, 9.17) is 19.4 Å². The van der Waals surface area contributed by atoms with E-state index in [1.807, 2.05) is 114 Å². The van der Waals surface area contributed by atoms with Gasteiger partial charge in [0, 0.05) is 81.2 Å². The number of aliphatic hydroxyl groups is 4. The third-order valence-corrected chi connectivity index (χ3v) is 24.1. The number of likely N-dealkylation sites (N-methyl/N-ethyl adjacent to an activating group) is 1. The number of ketones is 4. The van der Waals surface area contributed by atoms with Crippen LogP contribution >= 0.6 is 0 Å². The number of primary amides is 1. The van der Waals surface area contributed by atoms with Gasteiger partial charge >= 0.3 is 0 Å². The van der Waals surface area contributed by atoms with Gasteiger partial charge in [-0.1, -0.05) is 57.2 Å². The lowest BCUT2D eigenvalue weighted by molar-refractivity contribution is -0.161. The Balaban J connectivity index is 0.000000221. The Bertz CT molecular complexity index is 3600. The quantitative estimate of drug-likeness (QED) is 0.0445. The van der Waals surface area contributed by atoms with Gasteiger partial charge in [0.05, 0.1) is 17.6 Å². The molecule has 7 N–H and O–H groups in total. The van der Waals surface area contributed by atoms with E-state index in [9.17, 15) is 39.9 Å². The number of aromatic nitrogens is 1. The van der Waals surface area contributed by atoms with E-state index in [0.717, 1.165) is 28.1 Å². The van der Waals surface area contributed by atoms with E-state index in [-0.39, 0.29) is 76.1 Å². The molecule has 88 heavy (non-hydrogen) atoms. The molecule has 4 aromatic rings. The summed E-state index contributed by atoms with van der Waals surface area (Å²) < 4.78 is 19.7. The number of benzene rings is 3. The Kier molecular flexibility index (Phi) is 17.3. The van der Waals surface area contributed by atoms with Crippen molar-refractivity contribution in [1.29, 1.82) is 0 Å². The van der Waals surface area contributed by atoms with Crippen molar-refractivity contribution in [3.63, 3.8) is 0 Å². The summed E-state index contributed by atoms with van der Waals surface area (Å²) in [6.07, 6.45) is 0.763. The first kappa shape index (κ1) is 65.3. The second-order valence-corrected chi connectivity index (χ2v) is 32.4. The SMILES string of the molecule is CN(C)C[C@H]1[C@H]2[C@H](N(C)C)C(=O)C(C(N)=O)=C(O)[C@@]2(O)C(=O)C2=C(O)c3c(O)ccc(N(C)C)c3C[C@H]21.Cc1ccc(N(C)C)c2c1C(O)=C1C(=O)[C@]3(O[Si](C)(C)C(C)(C)C)C(=O)c4c(OCc5ccccc5)noc4[C@@H](N(C)C)[C@@H]3[C@H](CN(C)C)[C@@H]1C2. The van der Waals surface area contributed by atoms with E-state index in [2.05, 4.69) is 54.9 Å². The number of nitrogens with zero attached hydrogens (tertiary/aromatic N) is 7. The minimum absolute atomic E-state index is 0.0418. The first-order valence-electron chi connectivity index (χ1n) is 29.8. The van der Waals surface area contributed by atoms with Crippen LogP contribution in [0.2, 0.25) is 18.1 Å². The summed E-state index contributed by atoms with van der Waals surface area (Å²) in [7, 11) is 19.4. The molecule has 0 saturated heterocycles. The minimum atomic E-state index is -2.88. The molecular formula is C66H88N8O13Si. The van der Waals surface area contributed by atoms with E-state index in [1.165, 1.54) is 11.0 Å². The van der Waals surface area contributed by atoms with Gasteiger partial charge in [0.25, 0.3) is 11.8 Å². The summed E-state index contributed by atoms with van der Waals surface area (Å²) in [5.74, 6) is -9.31. The number of aliphatic hydroxyl groups excluding tert-OH is 3. The molecule has 10 rings (SSSR count). The number of phenols is 1. The van der Waals surface area contributed by atoms with Gasteiger partial charge in [0.1, 0.15) is 40.8 Å². The number of aromatic hydroxyl groups is 1. The molecule has 0 radical (unpaired) electrons. The van der Waals surface area contributed by atoms with Crippen LogP contribution in [-0.4, -0.2) is 203 Å². The van der Waals surface area contributed by atoms with Crippen LogP contribution < -0.4 is 20.3 Å². The average Bonchev–Trinajstić information content (AvgIpc) is 0.900. The number of hydrogen-bond acceptors (Lipinski definition) is 20. The molecule has 1 amide bonds. The second kappa shape index (κ2) is 23.3. The van der Waals surface area contributed by atoms with Crippen LogP contribution in [0.15, 0.2) is 81.6 Å². The van der Waals surface area contributed by atoms with Crippen molar-refractivity contribution in [2.24, 2.45) is 41.2 Å². The monoisotopic (exact) mass is 1230 g/mol. The molecular weight excluding hydrogens is 1140 g/mol. The molecule has 0 unspecified atom stereocenters. The van der Waals surface area contributed by atoms with E-state index >= 15 is 9.59 Å². The van der Waals surface area contributed by atoms with Crippen molar-refractivity contribution >= 4 is 60.3 Å². The number of carbonyl (C=O) groups is 5. The van der Waals surface area contributed by atoms with E-state index < -0.39 is 101 Å². The molecule has 0 aliphatic heterocycles. The lowest BCUT2D eigenvalue weighted by Gasteiger charge is -2.58. The molecule has 10 atom stereocenters. The van der Waals surface area contributed by atoms with Crippen molar-refractivity contribution in [2.45, 2.75) is 88.6 Å². The Morgan fingerprint density at radius 2 is 1.20 bits per heavy atom. The fourth-order valence-corrected chi connectivity index (χ4v) is 16.3. The largest absolute Gasteiger partial charge is 0.508 e. The molecule has 0 bridgehead atoms. The molecule has 2 saturated carbocycles. The molecule has 22 heteroatoms. The number of phenolic OH excluding ortho intramolecular Hbond substituents is 1. The van der Waals surface area contributed by atoms with Gasteiger partial charge in [-0.15, -0.1) is 0 Å². The van der Waals surface area contributed by atoms with Crippen LogP contribution in [0.3, 0.4) is 0 Å². The molecule has 6 aliphatic carbocycles. The summed E-state index contributed by atoms with van der Waals surface area (Å²) in [6.45, 7) is 13.4. The number of fused-ring (bicyclic) bond motifs is 7. The number of ether oxygens (including phenoxy) is 1. The van der Waals surface area contributed by atoms with Gasteiger partial charge in [-0.2, -0.15) is 0 Å². The zero-order valence-corrected chi connectivity index (χ0v) is 55.1. The number of rotatable bonds is 14. The van der Waals surface area contributed by atoms with Crippen molar-refractivity contribution in [3.8, 4) is 11.6 Å². The average molecular weight is 1230 g/mol. The highest BCUT2D eigenvalue weighted by Crippen LogP contribution is 2.62. The van der Waals surface area contributed by atoms with Crippen molar-refractivity contribution < 1.29 is 63.2 Å². The molecule has 1 heterocycles. The van der Waals surface area contributed by atoms with Crippen LogP contribution in [0, 0.1) is 42.4 Å². The number of anilines is 2. The zero-order chi connectivity index (χ0) is 65.1. The Morgan fingerprint density at radius 3 is 1.72 bits per heavy atom. The summed E-state index contributed by atoms with van der Waals surface area (Å²) in [4.78, 5) is 82.6. The second-order valence-electron chi connectivity index (χ2n) is 27.7. The number of aryl methyl sites for hydroxylation is 1. The predicted molar refractivity (Wildman–Crippen MR) is 338 cm³/mol. The number of nitrogens with two attached hydrogens (primary N) is 1. The third kappa shape index (κ3) is 10.2. The van der Waals surface area contributed by atoms with Crippen LogP contribution in [0.1, 0.15) is 76.3 Å². The molecule has 474 valence electrons. The molecule has 1 aromatic heterocycles. The number of carbonyl (C=O) groups excluding carboxylic acids is 5. The van der Waals surface area contributed by atoms with Gasteiger partial charge < -0.3 is 64.6 Å². The minimum Gasteiger partial charge on any atom is -0.508 e. The molecule has 21 nitrogen and oxygen atoms in total. The van der Waals surface area contributed by atoms with Gasteiger partial charge in [-0.05, 0) is 164 Å². The highest BCUT2D eigenvalue weighted by molar-refractivity contribution is 6.74. The maximum absolute atomic E-state index is 15.8. The van der Waals surface area contributed by atoms with Crippen LogP contribution in [0.4, 0.5) is 11.4 Å². The highest BCUT2D eigenvalue weighted by atomic mass is 28.4. The maximum atomic E-state index is 15.8. The van der Waals surface area contributed by atoms with Crippen molar-refractivity contribution in [1.82, 2.24) is 24.8 Å². The van der Waals surface area contributed by atoms with Gasteiger partial charge in [-0.3, -0.25) is 33.8 Å². The fraction of sp³-hybridized carbons (Fsp3) is 0.515. The lowest BCUT2D eigenvalue weighted by atomic mass is 9.52. The van der Waals surface area contributed by atoms with E-state index in [1.54, 1.807) is 34.3 Å². The third-order valence-electron chi connectivity index (χ3n) is 19.6. The lowest BCUT2D eigenvalue weighted by Crippen LogP contribution is -2.71. The molecule has 3 aromatic carbocycles. The highest BCUT2D eigenvalue weighted by Gasteiger charge is 2.72. The topological polar surface area (TPSA) is 276 Å². The van der Waals surface area contributed by atoms with Crippen LogP contribution in [0.25, 0.3) is 11.5 Å². The Morgan fingerprint density at radius 1 is 0.693 bits per heavy atom. The Labute approximate surface area is 516 Å². The van der Waals surface area contributed by atoms with Gasteiger partial charge in [-0.25, -0.2) is 0 Å². The first-order chi connectivity index (χ1) is 41.0. The summed E-state index contributed by atoms with van der Waals surface area (Å²) in [5, 5.41) is 61.7. The Hall–Kier alpha value is -7.18. The standard InChI is InChI=1S/C40H54N4O6Si.C26H34N4O7/c1-23-18-19-28(43(7)8)26-20-25-27(21-42(5)6)32-33(44(9)10)35-31(38(41-49-35)48-22-24-16-14-13-15-17-24)37(47)40(32,50-51(11,12)39(2,3)4)36(46)30(25)34(45)29(23)26;1-28(2)10-13-11-9-12-14(29(3)4)7-8-15(31)16(12)21(32)17(11)23(34)26(37)19(13)20(30(5)6)22(33)18(24(26)35)25(27)36/h13-19,25,27,32-33,45H,20-22H2,1-12H3;7-8,11,13,19-20,31-32,35,37H,9-10H2,1-6H3,(H2,27,36)/t25-,27+,32-,33-,40-;11-,13+,19-,20-,26-/m00/s1. The number of hydrogen-bond donors (Lipinski definition) is 6. The van der Waals surface area contributed by atoms with Gasteiger partial charge in [0.2, 0.25) is 17.3 Å². The number of amides is 1. The predicted octanol–water partition coefficient (Wildman–Crippen LogP) is 6.52. The summed E-state index contributed by atoms with van der Waals surface area (Å²) >= 11 is 0. The number of Topliss-reactive ketones (excluding diaryl/α,β-unsaturated/α-hetero) is 4. The fourth-order valence-electron chi connectivity index (χ4n) is 14.9. The first-order valence-corrected chi connectivity index (χ1v) is 32.7. The van der Waals surface area contributed by atoms with Crippen LogP contribution in [-0.2, 0) is 43.1 Å². The molecule has 2 fully saturated rings. The normalized spacial score (nSPS) is 26.7. The molecule has 6 aliphatic rings. The summed E-state index contributed by atoms with van der Waals surface area (Å²) in [6, 6.07) is 15.1.